The Kier molecular flexibility index (Phi) is 3.23. The van der Waals surface area contributed by atoms with E-state index in [0.717, 1.165) is 17.5 Å². The number of hydrogen-bond donors (Lipinski definition) is 2. The first-order valence-electron chi connectivity index (χ1n) is 7.44. The van der Waals surface area contributed by atoms with E-state index in [-0.39, 0.29) is 5.60 Å². The van der Waals surface area contributed by atoms with Crippen molar-refractivity contribution >= 4 is 17.0 Å². The van der Waals surface area contributed by atoms with Gasteiger partial charge in [-0.2, -0.15) is 0 Å². The maximum absolute atomic E-state index is 9.74. The first-order chi connectivity index (χ1) is 9.74. The Morgan fingerprint density at radius 1 is 1.38 bits per heavy atom. The molecule has 0 aliphatic carbocycles. The topological polar surface area (TPSA) is 48.5 Å². The molecular weight excluding hydrogens is 262 g/mol. The smallest absolute Gasteiger partial charge is 0.0908 e. The summed E-state index contributed by atoms with van der Waals surface area (Å²) in [5, 5.41) is 11.0. The van der Waals surface area contributed by atoms with Gasteiger partial charge >= 0.3 is 0 Å². The molecule has 1 aromatic heterocycles. The molecule has 1 aliphatic heterocycles. The first-order valence-corrected chi connectivity index (χ1v) is 7.44. The summed E-state index contributed by atoms with van der Waals surface area (Å²) in [7, 11) is 0. The van der Waals surface area contributed by atoms with Crippen molar-refractivity contribution in [2.45, 2.75) is 51.4 Å². The quantitative estimate of drug-likeness (QED) is 0.842. The molecule has 1 aliphatic rings. The van der Waals surface area contributed by atoms with Crippen molar-refractivity contribution in [2.75, 3.05) is 0 Å². The fourth-order valence-electron chi connectivity index (χ4n) is 2.60. The van der Waals surface area contributed by atoms with Gasteiger partial charge in [0.05, 0.1) is 17.3 Å². The lowest BCUT2D eigenvalue weighted by molar-refractivity contribution is 0.134. The van der Waals surface area contributed by atoms with Gasteiger partial charge in [-0.05, 0) is 44.9 Å². The van der Waals surface area contributed by atoms with E-state index < -0.39 is 5.60 Å². The molecule has 3 heteroatoms. The van der Waals surface area contributed by atoms with Gasteiger partial charge < -0.3 is 14.8 Å². The van der Waals surface area contributed by atoms with Crippen molar-refractivity contribution in [3.8, 4) is 0 Å². The zero-order chi connectivity index (χ0) is 15.3. The van der Waals surface area contributed by atoms with Gasteiger partial charge in [-0.25, -0.2) is 0 Å². The number of benzene rings is 1. The Morgan fingerprint density at radius 3 is 2.71 bits per heavy atom. The molecule has 21 heavy (non-hydrogen) atoms. The Balaban J connectivity index is 1.83. The van der Waals surface area contributed by atoms with E-state index in [1.807, 2.05) is 6.08 Å². The minimum Gasteiger partial charge on any atom is -0.386 e. The van der Waals surface area contributed by atoms with Crippen LogP contribution in [0.4, 0.5) is 0 Å². The molecule has 2 N–H and O–H groups in total. The third-order valence-electron chi connectivity index (χ3n) is 4.04. The highest BCUT2D eigenvalue weighted by Crippen LogP contribution is 2.38. The lowest BCUT2D eigenvalue weighted by Gasteiger charge is -2.10. The number of fused-ring (bicyclic) bond motifs is 1. The summed E-state index contributed by atoms with van der Waals surface area (Å²) >= 11 is 0. The maximum Gasteiger partial charge on any atom is 0.0908 e. The highest BCUT2D eigenvalue weighted by Gasteiger charge is 2.47. The van der Waals surface area contributed by atoms with Crippen LogP contribution in [-0.4, -0.2) is 27.4 Å². The van der Waals surface area contributed by atoms with Gasteiger partial charge in [0, 0.05) is 23.5 Å². The monoisotopic (exact) mass is 285 g/mol. The number of aliphatic hydroxyl groups is 1. The van der Waals surface area contributed by atoms with Crippen molar-refractivity contribution < 1.29 is 9.84 Å². The van der Waals surface area contributed by atoms with Gasteiger partial charge in [0.15, 0.2) is 0 Å². The van der Waals surface area contributed by atoms with Gasteiger partial charge in [-0.1, -0.05) is 24.3 Å². The third kappa shape index (κ3) is 3.20. The molecule has 3 rings (SSSR count). The van der Waals surface area contributed by atoms with E-state index in [1.165, 1.54) is 10.9 Å². The molecule has 0 bridgehead atoms. The molecule has 0 radical (unpaired) electrons. The molecule has 0 spiro atoms. The molecule has 2 heterocycles. The van der Waals surface area contributed by atoms with Crippen LogP contribution in [-0.2, 0) is 11.2 Å². The molecule has 1 aromatic carbocycles. The van der Waals surface area contributed by atoms with Crippen LogP contribution in [0, 0.1) is 0 Å². The van der Waals surface area contributed by atoms with Gasteiger partial charge in [-0.15, -0.1) is 0 Å². The van der Waals surface area contributed by atoms with Crippen molar-refractivity contribution in [3.05, 3.63) is 41.6 Å². The SMILES string of the molecule is CC(C)(O)/C=C\c1ccc2c(C[C@H]3OC3(C)C)c[nH]c2c1. The molecule has 1 fully saturated rings. The maximum atomic E-state index is 9.74. The zero-order valence-electron chi connectivity index (χ0n) is 13.1. The van der Waals surface area contributed by atoms with Crippen LogP contribution in [0.25, 0.3) is 17.0 Å². The lowest BCUT2D eigenvalue weighted by atomic mass is 10.0. The minimum atomic E-state index is -0.787. The number of ether oxygens (including phenoxy) is 1. The van der Waals surface area contributed by atoms with Gasteiger partial charge in [0.25, 0.3) is 0 Å². The number of nitrogens with one attached hydrogen (secondary N) is 1. The number of H-pyrrole nitrogens is 1. The molecule has 3 nitrogen and oxygen atoms in total. The Bertz CT molecular complexity index is 689. The van der Waals surface area contributed by atoms with Crippen molar-refractivity contribution in [1.82, 2.24) is 4.98 Å². The highest BCUT2D eigenvalue weighted by atomic mass is 16.6. The van der Waals surface area contributed by atoms with Crippen LogP contribution >= 0.6 is 0 Å². The van der Waals surface area contributed by atoms with Crippen molar-refractivity contribution in [1.29, 1.82) is 0 Å². The molecule has 1 atom stereocenters. The van der Waals surface area contributed by atoms with E-state index in [0.29, 0.717) is 6.10 Å². The zero-order valence-corrected chi connectivity index (χ0v) is 13.1. The number of rotatable bonds is 4. The average Bonchev–Trinajstić information content (AvgIpc) is 2.81. The van der Waals surface area contributed by atoms with E-state index in [4.69, 9.17) is 4.74 Å². The Hall–Kier alpha value is -1.58. The predicted octanol–water partition coefficient (Wildman–Crippen LogP) is 3.67. The normalized spacial score (nSPS) is 21.3. The van der Waals surface area contributed by atoms with E-state index in [1.54, 1.807) is 19.9 Å². The average molecular weight is 285 g/mol. The molecule has 2 aromatic rings. The van der Waals surface area contributed by atoms with E-state index in [9.17, 15) is 5.11 Å². The molecule has 0 amide bonds. The Morgan fingerprint density at radius 2 is 2.10 bits per heavy atom. The largest absolute Gasteiger partial charge is 0.386 e. The van der Waals surface area contributed by atoms with E-state index in [2.05, 4.69) is 43.2 Å². The van der Waals surface area contributed by atoms with Crippen LogP contribution in [0.5, 0.6) is 0 Å². The molecule has 0 unspecified atom stereocenters. The predicted molar refractivity (Wildman–Crippen MR) is 86.3 cm³/mol. The summed E-state index contributed by atoms with van der Waals surface area (Å²) in [6.07, 6.45) is 7.11. The molecule has 0 saturated carbocycles. The van der Waals surface area contributed by atoms with Crippen LogP contribution in [0.1, 0.15) is 38.8 Å². The van der Waals surface area contributed by atoms with Crippen LogP contribution in [0.2, 0.25) is 0 Å². The van der Waals surface area contributed by atoms with E-state index >= 15 is 0 Å². The summed E-state index contributed by atoms with van der Waals surface area (Å²) in [4.78, 5) is 3.33. The molecular formula is C18H23NO2. The van der Waals surface area contributed by atoms with Crippen LogP contribution in [0.3, 0.4) is 0 Å². The second-order valence-electron chi connectivity index (χ2n) is 7.02. The molecule has 1 saturated heterocycles. The van der Waals surface area contributed by atoms with Gasteiger partial charge in [-0.3, -0.25) is 0 Å². The molecule has 112 valence electrons. The lowest BCUT2D eigenvalue weighted by Crippen LogP contribution is -2.13. The highest BCUT2D eigenvalue weighted by molar-refractivity contribution is 5.85. The summed E-state index contributed by atoms with van der Waals surface area (Å²) in [5.41, 5.74) is 2.75. The number of hydrogen-bond acceptors (Lipinski definition) is 2. The number of epoxide rings is 1. The minimum absolute atomic E-state index is 0.0268. The van der Waals surface area contributed by atoms with Crippen molar-refractivity contribution in [3.63, 3.8) is 0 Å². The standard InChI is InChI=1S/C18H23NO2/c1-17(2,20)8-7-12-5-6-14-13(11-19-15(14)9-12)10-16-18(3,4)21-16/h5-9,11,16,19-20H,10H2,1-4H3/b8-7-/t16-/m1/s1. The summed E-state index contributed by atoms with van der Waals surface area (Å²) in [5.74, 6) is 0. The van der Waals surface area contributed by atoms with Crippen LogP contribution < -0.4 is 0 Å². The second kappa shape index (κ2) is 4.72. The first kappa shape index (κ1) is 14.4. The summed E-state index contributed by atoms with van der Waals surface area (Å²) in [6.45, 7) is 7.80. The summed E-state index contributed by atoms with van der Waals surface area (Å²) in [6, 6.07) is 6.33. The number of aromatic nitrogens is 1. The fourth-order valence-corrected chi connectivity index (χ4v) is 2.60. The third-order valence-corrected chi connectivity index (χ3v) is 4.04. The Labute approximate surface area is 125 Å². The second-order valence-corrected chi connectivity index (χ2v) is 7.02. The van der Waals surface area contributed by atoms with Gasteiger partial charge in [0.1, 0.15) is 0 Å². The number of aromatic amines is 1. The van der Waals surface area contributed by atoms with Gasteiger partial charge in [0.2, 0.25) is 0 Å². The fraction of sp³-hybridized carbons (Fsp3) is 0.444. The van der Waals surface area contributed by atoms with Crippen LogP contribution in [0.15, 0.2) is 30.5 Å². The summed E-state index contributed by atoms with van der Waals surface area (Å²) < 4.78 is 5.67. The van der Waals surface area contributed by atoms with Crippen molar-refractivity contribution in [2.24, 2.45) is 0 Å².